The predicted molar refractivity (Wildman–Crippen MR) is 71.3 cm³/mol. The van der Waals surface area contributed by atoms with Crippen molar-refractivity contribution in [2.45, 2.75) is 6.42 Å². The third-order valence-electron chi connectivity index (χ3n) is 2.20. The van der Waals surface area contributed by atoms with Gasteiger partial charge in [-0.2, -0.15) is 0 Å². The number of benzene rings is 1. The minimum atomic E-state index is -0.413. The quantitative estimate of drug-likeness (QED) is 0.406. The summed E-state index contributed by atoms with van der Waals surface area (Å²) in [6.07, 6.45) is 0.693. The molecule has 0 unspecified atom stereocenters. The molecular formula is C12H16BrNO4. The number of aromatic hydroxyl groups is 2. The zero-order chi connectivity index (χ0) is 13.4. The summed E-state index contributed by atoms with van der Waals surface area (Å²) in [6.45, 7) is 1.66. The van der Waals surface area contributed by atoms with Gasteiger partial charge >= 0.3 is 0 Å². The molecule has 0 aliphatic rings. The highest BCUT2D eigenvalue weighted by Crippen LogP contribution is 2.21. The van der Waals surface area contributed by atoms with E-state index < -0.39 is 5.91 Å². The highest BCUT2D eigenvalue weighted by atomic mass is 79.9. The van der Waals surface area contributed by atoms with Crippen molar-refractivity contribution < 1.29 is 19.7 Å². The summed E-state index contributed by atoms with van der Waals surface area (Å²) < 4.78 is 5.23. The predicted octanol–water partition coefficient (Wildman–Crippen LogP) is 1.63. The number of phenols is 2. The number of ether oxygens (including phenoxy) is 1. The Bertz CT molecular complexity index is 398. The van der Waals surface area contributed by atoms with E-state index in [1.807, 2.05) is 0 Å². The van der Waals surface area contributed by atoms with E-state index in [-0.39, 0.29) is 17.1 Å². The molecule has 0 atom stereocenters. The minimum absolute atomic E-state index is 0.0568. The van der Waals surface area contributed by atoms with E-state index in [1.165, 1.54) is 18.2 Å². The fourth-order valence-corrected chi connectivity index (χ4v) is 1.56. The van der Waals surface area contributed by atoms with Gasteiger partial charge in [0.25, 0.3) is 5.91 Å². The highest BCUT2D eigenvalue weighted by molar-refractivity contribution is 9.09. The van der Waals surface area contributed by atoms with E-state index >= 15 is 0 Å². The average molecular weight is 318 g/mol. The molecule has 0 fully saturated rings. The Morgan fingerprint density at radius 1 is 1.33 bits per heavy atom. The van der Waals surface area contributed by atoms with Gasteiger partial charge in [0, 0.05) is 18.5 Å². The lowest BCUT2D eigenvalue weighted by Gasteiger charge is -2.07. The lowest BCUT2D eigenvalue weighted by Crippen LogP contribution is -2.25. The average Bonchev–Trinajstić information content (AvgIpc) is 2.36. The number of rotatable bonds is 7. The number of carbonyl (C=O) groups excluding carboxylic acids is 1. The molecule has 1 rings (SSSR count). The summed E-state index contributed by atoms with van der Waals surface area (Å²) in [6, 6.07) is 3.83. The van der Waals surface area contributed by atoms with E-state index in [1.54, 1.807) is 0 Å². The first-order valence-electron chi connectivity index (χ1n) is 5.59. The van der Waals surface area contributed by atoms with Gasteiger partial charge in [-0.05, 0) is 24.6 Å². The van der Waals surface area contributed by atoms with Gasteiger partial charge < -0.3 is 20.3 Å². The van der Waals surface area contributed by atoms with Crippen LogP contribution in [0.4, 0.5) is 0 Å². The summed E-state index contributed by atoms with van der Waals surface area (Å²) in [5.41, 5.74) is 0.0661. The Morgan fingerprint density at radius 3 is 2.83 bits per heavy atom. The van der Waals surface area contributed by atoms with Crippen LogP contribution in [0.2, 0.25) is 0 Å². The molecule has 0 aliphatic heterocycles. The molecule has 1 aromatic rings. The number of amides is 1. The first-order valence-corrected chi connectivity index (χ1v) is 6.71. The smallest absolute Gasteiger partial charge is 0.255 e. The van der Waals surface area contributed by atoms with E-state index in [0.717, 1.165) is 5.33 Å². The lowest BCUT2D eigenvalue weighted by molar-refractivity contribution is 0.0941. The summed E-state index contributed by atoms with van der Waals surface area (Å²) in [4.78, 5) is 11.7. The van der Waals surface area contributed by atoms with Crippen LogP contribution in [0.5, 0.6) is 11.5 Å². The summed E-state index contributed by atoms with van der Waals surface area (Å²) in [5.74, 6) is -0.622. The van der Waals surface area contributed by atoms with Gasteiger partial charge in [0.2, 0.25) is 0 Å². The Kier molecular flexibility index (Phi) is 6.53. The Balaban J connectivity index is 2.34. The first kappa shape index (κ1) is 14.8. The second-order valence-corrected chi connectivity index (χ2v) is 4.41. The third kappa shape index (κ3) is 4.93. The van der Waals surface area contributed by atoms with Crippen LogP contribution in [-0.2, 0) is 4.74 Å². The number of nitrogens with one attached hydrogen (secondary N) is 1. The topological polar surface area (TPSA) is 78.8 Å². The second-order valence-electron chi connectivity index (χ2n) is 3.61. The van der Waals surface area contributed by atoms with Gasteiger partial charge in [0.05, 0.1) is 12.2 Å². The molecule has 0 heterocycles. The van der Waals surface area contributed by atoms with Crippen molar-refractivity contribution in [3.8, 4) is 11.5 Å². The molecule has 5 nitrogen and oxygen atoms in total. The Labute approximate surface area is 114 Å². The summed E-state index contributed by atoms with van der Waals surface area (Å²) in [5, 5.41) is 22.1. The number of carbonyl (C=O) groups is 1. The molecular weight excluding hydrogens is 302 g/mol. The van der Waals surface area contributed by atoms with E-state index in [9.17, 15) is 15.0 Å². The normalized spacial score (nSPS) is 10.3. The number of halogens is 1. The van der Waals surface area contributed by atoms with Crippen LogP contribution in [0.25, 0.3) is 0 Å². The SMILES string of the molecule is O=C(NCCCOCCBr)c1cc(O)ccc1O. The van der Waals surface area contributed by atoms with Crippen LogP contribution in [-0.4, -0.2) is 41.2 Å². The fourth-order valence-electron chi connectivity index (χ4n) is 1.33. The molecule has 6 heteroatoms. The van der Waals surface area contributed by atoms with Crippen molar-refractivity contribution in [2.24, 2.45) is 0 Å². The van der Waals surface area contributed by atoms with Crippen LogP contribution in [0.1, 0.15) is 16.8 Å². The first-order chi connectivity index (χ1) is 8.65. The second kappa shape index (κ2) is 7.94. The summed E-state index contributed by atoms with van der Waals surface area (Å²) in [7, 11) is 0. The van der Waals surface area contributed by atoms with Crippen LogP contribution in [0.3, 0.4) is 0 Å². The van der Waals surface area contributed by atoms with Gasteiger partial charge in [-0.25, -0.2) is 0 Å². The number of phenolic OH excluding ortho intramolecular Hbond substituents is 2. The van der Waals surface area contributed by atoms with Gasteiger partial charge in [-0.3, -0.25) is 4.79 Å². The van der Waals surface area contributed by atoms with Gasteiger partial charge in [-0.15, -0.1) is 0 Å². The largest absolute Gasteiger partial charge is 0.508 e. The monoisotopic (exact) mass is 317 g/mol. The number of hydrogen-bond acceptors (Lipinski definition) is 4. The maximum absolute atomic E-state index is 11.7. The van der Waals surface area contributed by atoms with E-state index in [2.05, 4.69) is 21.2 Å². The molecule has 0 bridgehead atoms. The van der Waals surface area contributed by atoms with Crippen molar-refractivity contribution in [1.82, 2.24) is 5.32 Å². The summed E-state index contributed by atoms with van der Waals surface area (Å²) >= 11 is 3.24. The molecule has 3 N–H and O–H groups in total. The number of alkyl halides is 1. The minimum Gasteiger partial charge on any atom is -0.508 e. The van der Waals surface area contributed by atoms with Crippen LogP contribution in [0, 0.1) is 0 Å². The molecule has 1 amide bonds. The number of hydrogen-bond donors (Lipinski definition) is 3. The van der Waals surface area contributed by atoms with Crippen molar-refractivity contribution in [3.63, 3.8) is 0 Å². The van der Waals surface area contributed by atoms with E-state index in [0.29, 0.717) is 26.2 Å². The Morgan fingerprint density at radius 2 is 2.11 bits per heavy atom. The van der Waals surface area contributed by atoms with Crippen molar-refractivity contribution in [3.05, 3.63) is 23.8 Å². The molecule has 0 saturated heterocycles. The molecule has 1 aromatic carbocycles. The molecule has 0 aromatic heterocycles. The van der Waals surface area contributed by atoms with Gasteiger partial charge in [0.1, 0.15) is 11.5 Å². The maximum Gasteiger partial charge on any atom is 0.255 e. The zero-order valence-corrected chi connectivity index (χ0v) is 11.4. The van der Waals surface area contributed by atoms with Crippen molar-refractivity contribution in [2.75, 3.05) is 25.1 Å². The van der Waals surface area contributed by atoms with Crippen LogP contribution < -0.4 is 5.32 Å². The zero-order valence-electron chi connectivity index (χ0n) is 9.86. The van der Waals surface area contributed by atoms with Gasteiger partial charge in [-0.1, -0.05) is 15.9 Å². The lowest BCUT2D eigenvalue weighted by atomic mass is 10.1. The molecule has 18 heavy (non-hydrogen) atoms. The van der Waals surface area contributed by atoms with E-state index in [4.69, 9.17) is 4.74 Å². The standard InChI is InChI=1S/C12H16BrNO4/c13-4-7-18-6-1-5-14-12(17)10-8-9(15)2-3-11(10)16/h2-3,8,15-16H,1,4-7H2,(H,14,17). The van der Waals surface area contributed by atoms with Crippen LogP contribution >= 0.6 is 15.9 Å². The molecule has 100 valence electrons. The maximum atomic E-state index is 11.7. The molecule has 0 spiro atoms. The van der Waals surface area contributed by atoms with Crippen molar-refractivity contribution >= 4 is 21.8 Å². The fraction of sp³-hybridized carbons (Fsp3) is 0.417. The third-order valence-corrected chi connectivity index (χ3v) is 2.52. The molecule has 0 saturated carbocycles. The Hall–Kier alpha value is -1.27. The van der Waals surface area contributed by atoms with Gasteiger partial charge in [0.15, 0.2) is 0 Å². The molecule has 0 aliphatic carbocycles. The molecule has 0 radical (unpaired) electrons. The van der Waals surface area contributed by atoms with Crippen LogP contribution in [0.15, 0.2) is 18.2 Å². The highest BCUT2D eigenvalue weighted by Gasteiger charge is 2.10. The van der Waals surface area contributed by atoms with Crippen molar-refractivity contribution in [1.29, 1.82) is 0 Å².